The average Bonchev–Trinajstić information content (AvgIpc) is 2.72. The van der Waals surface area contributed by atoms with Gasteiger partial charge in [0.2, 0.25) is 0 Å². The monoisotopic (exact) mass is 352 g/mol. The summed E-state index contributed by atoms with van der Waals surface area (Å²) in [6.45, 7) is 4.37. The lowest BCUT2D eigenvalue weighted by Gasteiger charge is -2.27. The van der Waals surface area contributed by atoms with E-state index in [1.54, 1.807) is 0 Å². The van der Waals surface area contributed by atoms with Gasteiger partial charge in [0.1, 0.15) is 5.75 Å². The Bertz CT molecular complexity index is 825. The van der Waals surface area contributed by atoms with E-state index in [2.05, 4.69) is 29.6 Å². The molecule has 0 radical (unpaired) electrons. The van der Waals surface area contributed by atoms with Crippen LogP contribution in [-0.2, 0) is 9.53 Å². The molecule has 0 spiro atoms. The molecule has 0 unspecified atom stereocenters. The molecule has 0 aromatic heterocycles. The zero-order valence-corrected chi connectivity index (χ0v) is 14.9. The van der Waals surface area contributed by atoms with Crippen LogP contribution in [0.3, 0.4) is 0 Å². The molecule has 2 aliphatic heterocycles. The maximum absolute atomic E-state index is 12.4. The molecular weight excluding hydrogens is 328 g/mol. The summed E-state index contributed by atoms with van der Waals surface area (Å²) in [4.78, 5) is 14.3. The van der Waals surface area contributed by atoms with E-state index in [0.29, 0.717) is 26.3 Å². The van der Waals surface area contributed by atoms with Crippen LogP contribution < -0.4 is 10.1 Å². The SMILES string of the molecule is O=C(COc1ccc2ccccc2c1C1=CCCNC1)N1CCOCC1. The van der Waals surface area contributed by atoms with E-state index in [-0.39, 0.29) is 12.5 Å². The van der Waals surface area contributed by atoms with Crippen molar-refractivity contribution in [2.45, 2.75) is 6.42 Å². The molecule has 1 fully saturated rings. The largest absolute Gasteiger partial charge is 0.483 e. The number of nitrogens with one attached hydrogen (secondary N) is 1. The van der Waals surface area contributed by atoms with Crippen molar-refractivity contribution in [3.63, 3.8) is 0 Å². The molecular formula is C21H24N2O3. The molecule has 2 heterocycles. The Balaban J connectivity index is 1.61. The van der Waals surface area contributed by atoms with E-state index >= 15 is 0 Å². The normalized spacial score (nSPS) is 17.8. The number of nitrogens with zero attached hydrogens (tertiary/aromatic N) is 1. The third kappa shape index (κ3) is 3.59. The van der Waals surface area contributed by atoms with Gasteiger partial charge < -0.3 is 19.7 Å². The number of carbonyl (C=O) groups excluding carboxylic acids is 1. The lowest BCUT2D eigenvalue weighted by atomic mass is 9.95. The lowest BCUT2D eigenvalue weighted by Crippen LogP contribution is -2.43. The van der Waals surface area contributed by atoms with Crippen LogP contribution in [-0.4, -0.2) is 56.8 Å². The molecule has 5 heteroatoms. The molecule has 136 valence electrons. The summed E-state index contributed by atoms with van der Waals surface area (Å²) in [6.07, 6.45) is 3.28. The van der Waals surface area contributed by atoms with Crippen LogP contribution in [0.5, 0.6) is 5.75 Å². The number of benzene rings is 2. The molecule has 1 amide bonds. The summed E-state index contributed by atoms with van der Waals surface area (Å²) >= 11 is 0. The molecule has 1 N–H and O–H groups in total. The summed E-state index contributed by atoms with van der Waals surface area (Å²) in [7, 11) is 0. The Morgan fingerprint density at radius 2 is 2.00 bits per heavy atom. The van der Waals surface area contributed by atoms with Gasteiger partial charge in [-0.1, -0.05) is 36.4 Å². The maximum Gasteiger partial charge on any atom is 0.260 e. The van der Waals surface area contributed by atoms with Crippen molar-refractivity contribution in [3.05, 3.63) is 48.0 Å². The van der Waals surface area contributed by atoms with Gasteiger partial charge in [-0.2, -0.15) is 0 Å². The number of amides is 1. The summed E-state index contributed by atoms with van der Waals surface area (Å²) in [6, 6.07) is 12.4. The van der Waals surface area contributed by atoms with E-state index in [1.807, 2.05) is 23.1 Å². The van der Waals surface area contributed by atoms with E-state index in [0.717, 1.165) is 30.8 Å². The van der Waals surface area contributed by atoms with Gasteiger partial charge in [0.15, 0.2) is 6.61 Å². The first-order valence-corrected chi connectivity index (χ1v) is 9.23. The minimum Gasteiger partial charge on any atom is -0.483 e. The highest BCUT2D eigenvalue weighted by molar-refractivity contribution is 5.97. The first kappa shape index (κ1) is 17.1. The standard InChI is InChI=1S/C21H24N2O3/c24-20(23-10-12-25-13-11-23)15-26-19-8-7-16-4-1-2-6-18(16)21(19)17-5-3-9-22-14-17/h1-2,4-8,22H,3,9-15H2. The molecule has 2 aromatic carbocycles. The first-order chi connectivity index (χ1) is 12.8. The summed E-state index contributed by atoms with van der Waals surface area (Å²) in [5, 5.41) is 5.78. The number of carbonyl (C=O) groups is 1. The molecule has 1 saturated heterocycles. The summed E-state index contributed by atoms with van der Waals surface area (Å²) < 4.78 is 11.3. The predicted octanol–water partition coefficient (Wildman–Crippen LogP) is 2.45. The summed E-state index contributed by atoms with van der Waals surface area (Å²) in [5.74, 6) is 0.795. The average molecular weight is 352 g/mol. The van der Waals surface area contributed by atoms with Gasteiger partial charge in [-0.25, -0.2) is 0 Å². The van der Waals surface area contributed by atoms with Crippen molar-refractivity contribution in [3.8, 4) is 5.75 Å². The second kappa shape index (κ2) is 7.89. The van der Waals surface area contributed by atoms with Crippen molar-refractivity contribution in [1.82, 2.24) is 10.2 Å². The number of morpholine rings is 1. The Hall–Kier alpha value is -2.37. The molecule has 0 atom stereocenters. The Kier molecular flexibility index (Phi) is 5.18. The Labute approximate surface area is 153 Å². The van der Waals surface area contributed by atoms with Crippen LogP contribution in [0, 0.1) is 0 Å². The predicted molar refractivity (Wildman–Crippen MR) is 102 cm³/mol. The zero-order chi connectivity index (χ0) is 17.8. The van der Waals surface area contributed by atoms with Gasteiger partial charge in [-0.05, 0) is 35.4 Å². The van der Waals surface area contributed by atoms with Crippen LogP contribution in [0.2, 0.25) is 0 Å². The highest BCUT2D eigenvalue weighted by atomic mass is 16.5. The van der Waals surface area contributed by atoms with Gasteiger partial charge in [0.25, 0.3) is 5.91 Å². The Morgan fingerprint density at radius 1 is 1.15 bits per heavy atom. The molecule has 2 aromatic rings. The fraction of sp³-hybridized carbons (Fsp3) is 0.381. The molecule has 4 rings (SSSR count). The van der Waals surface area contributed by atoms with E-state index in [9.17, 15) is 4.79 Å². The third-order valence-electron chi connectivity index (χ3n) is 4.95. The fourth-order valence-electron chi connectivity index (χ4n) is 3.58. The van der Waals surface area contributed by atoms with Gasteiger partial charge in [-0.3, -0.25) is 4.79 Å². The van der Waals surface area contributed by atoms with Gasteiger partial charge in [-0.15, -0.1) is 0 Å². The highest BCUT2D eigenvalue weighted by Gasteiger charge is 2.19. The number of hydrogen-bond donors (Lipinski definition) is 1. The molecule has 2 aliphatic rings. The lowest BCUT2D eigenvalue weighted by molar-refractivity contribution is -0.137. The first-order valence-electron chi connectivity index (χ1n) is 9.23. The van der Waals surface area contributed by atoms with Crippen molar-refractivity contribution < 1.29 is 14.3 Å². The quantitative estimate of drug-likeness (QED) is 0.918. The topological polar surface area (TPSA) is 50.8 Å². The highest BCUT2D eigenvalue weighted by Crippen LogP contribution is 2.34. The van der Waals surface area contributed by atoms with Crippen molar-refractivity contribution in [2.75, 3.05) is 46.0 Å². The van der Waals surface area contributed by atoms with Crippen LogP contribution >= 0.6 is 0 Å². The van der Waals surface area contributed by atoms with Crippen molar-refractivity contribution in [2.24, 2.45) is 0 Å². The van der Waals surface area contributed by atoms with E-state index in [1.165, 1.54) is 16.3 Å². The van der Waals surface area contributed by atoms with Crippen LogP contribution in [0.4, 0.5) is 0 Å². The number of hydrogen-bond acceptors (Lipinski definition) is 4. The van der Waals surface area contributed by atoms with Crippen LogP contribution in [0.25, 0.3) is 16.3 Å². The van der Waals surface area contributed by atoms with Gasteiger partial charge in [0, 0.05) is 25.2 Å². The minimum absolute atomic E-state index is 0.0168. The second-order valence-corrected chi connectivity index (χ2v) is 6.64. The molecule has 5 nitrogen and oxygen atoms in total. The van der Waals surface area contributed by atoms with Gasteiger partial charge >= 0.3 is 0 Å². The van der Waals surface area contributed by atoms with E-state index in [4.69, 9.17) is 9.47 Å². The Morgan fingerprint density at radius 3 is 2.81 bits per heavy atom. The summed E-state index contributed by atoms with van der Waals surface area (Å²) in [5.41, 5.74) is 2.34. The smallest absolute Gasteiger partial charge is 0.260 e. The second-order valence-electron chi connectivity index (χ2n) is 6.64. The fourth-order valence-corrected chi connectivity index (χ4v) is 3.58. The van der Waals surface area contributed by atoms with Gasteiger partial charge in [0.05, 0.1) is 13.2 Å². The third-order valence-corrected chi connectivity index (χ3v) is 4.95. The number of ether oxygens (including phenoxy) is 2. The molecule has 26 heavy (non-hydrogen) atoms. The zero-order valence-electron chi connectivity index (χ0n) is 14.9. The maximum atomic E-state index is 12.4. The van der Waals surface area contributed by atoms with Crippen LogP contribution in [0.1, 0.15) is 12.0 Å². The molecule has 0 aliphatic carbocycles. The molecule has 0 bridgehead atoms. The van der Waals surface area contributed by atoms with Crippen molar-refractivity contribution in [1.29, 1.82) is 0 Å². The van der Waals surface area contributed by atoms with E-state index < -0.39 is 0 Å². The van der Waals surface area contributed by atoms with Crippen LogP contribution in [0.15, 0.2) is 42.5 Å². The number of rotatable bonds is 4. The molecule has 0 saturated carbocycles. The van der Waals surface area contributed by atoms with Crippen molar-refractivity contribution >= 4 is 22.3 Å². The number of fused-ring (bicyclic) bond motifs is 1. The minimum atomic E-state index is 0.0168.